The second kappa shape index (κ2) is 11.3. The van der Waals surface area contributed by atoms with Crippen molar-refractivity contribution in [2.75, 3.05) is 27.2 Å². The molecule has 0 aliphatic carbocycles. The third kappa shape index (κ3) is 11.0. The van der Waals surface area contributed by atoms with Gasteiger partial charge in [-0.15, -0.1) is 0 Å². The van der Waals surface area contributed by atoms with Gasteiger partial charge in [0.2, 0.25) is 11.8 Å². The Hall–Kier alpha value is -1.43. The molecule has 0 rings (SSSR count). The first-order valence-electron chi connectivity index (χ1n) is 7.53. The number of carbonyl (C=O) groups is 3. The van der Waals surface area contributed by atoms with E-state index < -0.39 is 6.04 Å². The fourth-order valence-electron chi connectivity index (χ4n) is 1.75. The van der Waals surface area contributed by atoms with E-state index in [9.17, 15) is 14.4 Å². The molecule has 0 aliphatic heterocycles. The monoisotopic (exact) mass is 299 g/mol. The van der Waals surface area contributed by atoms with Gasteiger partial charge >= 0.3 is 0 Å². The molecule has 0 radical (unpaired) electrons. The molecule has 0 heterocycles. The molecule has 2 amide bonds. The first-order valence-corrected chi connectivity index (χ1v) is 7.53. The van der Waals surface area contributed by atoms with Crippen LogP contribution in [-0.2, 0) is 14.4 Å². The van der Waals surface area contributed by atoms with E-state index in [0.717, 1.165) is 32.1 Å². The number of unbranched alkanes of at least 4 members (excludes halogenated alkanes) is 2. The Morgan fingerprint density at radius 1 is 1.10 bits per heavy atom. The van der Waals surface area contributed by atoms with E-state index in [-0.39, 0.29) is 24.3 Å². The van der Waals surface area contributed by atoms with E-state index in [1.165, 1.54) is 0 Å². The number of aldehydes is 1. The molecule has 0 aromatic rings. The zero-order valence-corrected chi connectivity index (χ0v) is 13.6. The van der Waals surface area contributed by atoms with Crippen molar-refractivity contribution in [3.05, 3.63) is 0 Å². The molecule has 0 bridgehead atoms. The van der Waals surface area contributed by atoms with Gasteiger partial charge in [0.1, 0.15) is 6.29 Å². The van der Waals surface area contributed by atoms with Crippen LogP contribution in [0, 0.1) is 5.92 Å². The molecule has 0 fully saturated rings. The van der Waals surface area contributed by atoms with Crippen molar-refractivity contribution in [2.24, 2.45) is 5.92 Å². The SMILES string of the molecule is CC(C)C(C=O)NC(=O)CNC(=O)CCCCCN(C)C. The molecule has 0 aromatic carbocycles. The van der Waals surface area contributed by atoms with Crippen molar-refractivity contribution in [3.8, 4) is 0 Å². The molecule has 6 heteroatoms. The standard InChI is InChI=1S/C15H29N3O3/c1-12(2)13(11-19)17-15(21)10-16-14(20)8-6-5-7-9-18(3)4/h11-13H,5-10H2,1-4H3,(H,16,20)(H,17,21). The summed E-state index contributed by atoms with van der Waals surface area (Å²) in [5, 5.41) is 5.16. The fraction of sp³-hybridized carbons (Fsp3) is 0.800. The number of amides is 2. The number of rotatable bonds is 11. The van der Waals surface area contributed by atoms with Crippen LogP contribution in [0.4, 0.5) is 0 Å². The summed E-state index contributed by atoms with van der Waals surface area (Å²) >= 11 is 0. The van der Waals surface area contributed by atoms with E-state index in [1.807, 2.05) is 27.9 Å². The van der Waals surface area contributed by atoms with Crippen LogP contribution < -0.4 is 10.6 Å². The highest BCUT2D eigenvalue weighted by molar-refractivity contribution is 5.86. The predicted molar refractivity (Wildman–Crippen MR) is 82.9 cm³/mol. The van der Waals surface area contributed by atoms with Crippen LogP contribution in [0.3, 0.4) is 0 Å². The van der Waals surface area contributed by atoms with Crippen LogP contribution >= 0.6 is 0 Å². The lowest BCUT2D eigenvalue weighted by Crippen LogP contribution is -2.44. The highest BCUT2D eigenvalue weighted by atomic mass is 16.2. The van der Waals surface area contributed by atoms with Gasteiger partial charge in [-0.1, -0.05) is 20.3 Å². The van der Waals surface area contributed by atoms with Gasteiger partial charge in [-0.3, -0.25) is 9.59 Å². The summed E-state index contributed by atoms with van der Waals surface area (Å²) < 4.78 is 0. The highest BCUT2D eigenvalue weighted by Crippen LogP contribution is 2.00. The average Bonchev–Trinajstić information content (AvgIpc) is 2.41. The number of nitrogens with zero attached hydrogens (tertiary/aromatic N) is 1. The summed E-state index contributed by atoms with van der Waals surface area (Å²) in [6.07, 6.45) is 4.04. The fourth-order valence-corrected chi connectivity index (χ4v) is 1.75. The molecule has 0 saturated heterocycles. The molecular formula is C15H29N3O3. The molecule has 0 aromatic heterocycles. The van der Waals surface area contributed by atoms with E-state index in [0.29, 0.717) is 6.42 Å². The minimum atomic E-state index is -0.500. The van der Waals surface area contributed by atoms with E-state index in [4.69, 9.17) is 0 Å². The Balaban J connectivity index is 3.73. The van der Waals surface area contributed by atoms with Crippen LogP contribution in [0.5, 0.6) is 0 Å². The predicted octanol–water partition coefficient (Wildman–Crippen LogP) is 0.564. The smallest absolute Gasteiger partial charge is 0.239 e. The second-order valence-corrected chi connectivity index (χ2v) is 5.86. The number of hydrogen-bond donors (Lipinski definition) is 2. The van der Waals surface area contributed by atoms with Crippen LogP contribution in [0.2, 0.25) is 0 Å². The molecule has 1 unspecified atom stereocenters. The maximum Gasteiger partial charge on any atom is 0.239 e. The van der Waals surface area contributed by atoms with Crippen LogP contribution in [0.25, 0.3) is 0 Å². The Labute approximate surface area is 127 Å². The normalized spacial score (nSPS) is 12.3. The highest BCUT2D eigenvalue weighted by Gasteiger charge is 2.15. The zero-order chi connectivity index (χ0) is 16.3. The van der Waals surface area contributed by atoms with Gasteiger partial charge in [-0.25, -0.2) is 0 Å². The molecule has 6 nitrogen and oxygen atoms in total. The van der Waals surface area contributed by atoms with Gasteiger partial charge in [-0.05, 0) is 39.4 Å². The largest absolute Gasteiger partial charge is 0.347 e. The van der Waals surface area contributed by atoms with Crippen LogP contribution in [0.1, 0.15) is 39.5 Å². The van der Waals surface area contributed by atoms with E-state index in [2.05, 4.69) is 15.5 Å². The lowest BCUT2D eigenvalue weighted by atomic mass is 10.1. The Morgan fingerprint density at radius 2 is 1.76 bits per heavy atom. The Bertz CT molecular complexity index is 330. The van der Waals surface area contributed by atoms with Gasteiger partial charge in [0, 0.05) is 6.42 Å². The van der Waals surface area contributed by atoms with Gasteiger partial charge in [0.05, 0.1) is 12.6 Å². The van der Waals surface area contributed by atoms with Crippen molar-refractivity contribution < 1.29 is 14.4 Å². The molecule has 2 N–H and O–H groups in total. The number of carbonyl (C=O) groups excluding carboxylic acids is 3. The van der Waals surface area contributed by atoms with Crippen LogP contribution in [-0.4, -0.2) is 56.2 Å². The van der Waals surface area contributed by atoms with E-state index >= 15 is 0 Å². The van der Waals surface area contributed by atoms with Gasteiger partial charge in [0.15, 0.2) is 0 Å². The first kappa shape index (κ1) is 19.6. The Kier molecular flexibility index (Phi) is 10.5. The first-order chi connectivity index (χ1) is 9.86. The van der Waals surface area contributed by atoms with Crippen molar-refractivity contribution in [1.29, 1.82) is 0 Å². The molecule has 21 heavy (non-hydrogen) atoms. The lowest BCUT2D eigenvalue weighted by molar-refractivity contribution is -0.127. The quantitative estimate of drug-likeness (QED) is 0.432. The van der Waals surface area contributed by atoms with E-state index in [1.54, 1.807) is 0 Å². The van der Waals surface area contributed by atoms with Gasteiger partial charge in [0.25, 0.3) is 0 Å². The molecule has 0 aliphatic rings. The number of hydrogen-bond acceptors (Lipinski definition) is 4. The minimum absolute atomic E-state index is 0.0406. The summed E-state index contributed by atoms with van der Waals surface area (Å²) in [6.45, 7) is 4.65. The summed E-state index contributed by atoms with van der Waals surface area (Å²) in [5.74, 6) is -0.414. The molecule has 1 atom stereocenters. The minimum Gasteiger partial charge on any atom is -0.347 e. The van der Waals surface area contributed by atoms with Gasteiger partial charge < -0.3 is 20.3 Å². The second-order valence-electron chi connectivity index (χ2n) is 5.86. The Morgan fingerprint density at radius 3 is 2.29 bits per heavy atom. The third-order valence-corrected chi connectivity index (χ3v) is 3.15. The topological polar surface area (TPSA) is 78.5 Å². The van der Waals surface area contributed by atoms with Gasteiger partial charge in [-0.2, -0.15) is 0 Å². The summed E-state index contributed by atoms with van der Waals surface area (Å²) in [4.78, 5) is 36.0. The van der Waals surface area contributed by atoms with Crippen molar-refractivity contribution in [3.63, 3.8) is 0 Å². The van der Waals surface area contributed by atoms with Crippen molar-refractivity contribution in [2.45, 2.75) is 45.6 Å². The van der Waals surface area contributed by atoms with Crippen molar-refractivity contribution >= 4 is 18.1 Å². The summed E-state index contributed by atoms with van der Waals surface area (Å²) in [5.41, 5.74) is 0. The zero-order valence-electron chi connectivity index (χ0n) is 13.6. The maximum absolute atomic E-state index is 11.6. The summed E-state index contributed by atoms with van der Waals surface area (Å²) in [6, 6.07) is -0.500. The molecule has 122 valence electrons. The number of nitrogens with one attached hydrogen (secondary N) is 2. The average molecular weight is 299 g/mol. The van der Waals surface area contributed by atoms with Crippen molar-refractivity contribution in [1.82, 2.24) is 15.5 Å². The maximum atomic E-state index is 11.6. The molecule has 0 spiro atoms. The summed E-state index contributed by atoms with van der Waals surface area (Å²) in [7, 11) is 4.05. The third-order valence-electron chi connectivity index (χ3n) is 3.15. The molecule has 0 saturated carbocycles. The lowest BCUT2D eigenvalue weighted by Gasteiger charge is -2.16. The molecular weight excluding hydrogens is 270 g/mol. The van der Waals surface area contributed by atoms with Crippen LogP contribution in [0.15, 0.2) is 0 Å².